The molecule has 1 heterocycles. The maximum absolute atomic E-state index is 5.09. The van der Waals surface area contributed by atoms with E-state index in [4.69, 9.17) is 10.7 Å². The van der Waals surface area contributed by atoms with Gasteiger partial charge in [-0.1, -0.05) is 0 Å². The van der Waals surface area contributed by atoms with Crippen molar-refractivity contribution in [3.8, 4) is 0 Å². The zero-order chi connectivity index (χ0) is 7.56. The topological polar surface area (TPSA) is 38.5 Å². The van der Waals surface area contributed by atoms with Gasteiger partial charge in [-0.25, -0.2) is 5.90 Å². The summed E-state index contributed by atoms with van der Waals surface area (Å²) in [7, 11) is 2.12. The van der Waals surface area contributed by atoms with Crippen LogP contribution in [0.4, 0.5) is 0 Å². The van der Waals surface area contributed by atoms with Gasteiger partial charge in [-0.2, -0.15) is 0 Å². The summed E-state index contributed by atoms with van der Waals surface area (Å²) < 4.78 is 0. The molecule has 0 aliphatic carbocycles. The summed E-state index contributed by atoms with van der Waals surface area (Å²) >= 11 is 0. The maximum Gasteiger partial charge on any atom is 0.0913 e. The predicted octanol–water partition coefficient (Wildman–Crippen LogP) is 0.359. The molecular weight excluding hydrogens is 128 g/mol. The van der Waals surface area contributed by atoms with Gasteiger partial charge in [0.05, 0.1) is 6.10 Å². The molecule has 1 fully saturated rings. The first kappa shape index (κ1) is 7.98. The average molecular weight is 144 g/mol. The summed E-state index contributed by atoms with van der Waals surface area (Å²) in [4.78, 5) is 7.07. The van der Waals surface area contributed by atoms with Gasteiger partial charge < -0.3 is 4.90 Å². The van der Waals surface area contributed by atoms with E-state index in [0.29, 0.717) is 6.04 Å². The van der Waals surface area contributed by atoms with Gasteiger partial charge in [-0.3, -0.25) is 4.84 Å². The second-order valence-electron chi connectivity index (χ2n) is 3.03. The summed E-state index contributed by atoms with van der Waals surface area (Å²) in [6.07, 6.45) is 2.66. The maximum atomic E-state index is 5.09. The fourth-order valence-electron chi connectivity index (χ4n) is 1.62. The van der Waals surface area contributed by atoms with Crippen LogP contribution in [0.5, 0.6) is 0 Å². The lowest BCUT2D eigenvalue weighted by atomic mass is 10.1. The Bertz CT molecular complexity index is 108. The first-order valence-electron chi connectivity index (χ1n) is 3.81. The van der Waals surface area contributed by atoms with Gasteiger partial charge in [0.1, 0.15) is 0 Å². The van der Waals surface area contributed by atoms with E-state index in [2.05, 4.69) is 11.9 Å². The van der Waals surface area contributed by atoms with Crippen LogP contribution in [0.3, 0.4) is 0 Å². The van der Waals surface area contributed by atoms with E-state index in [0.717, 1.165) is 0 Å². The molecule has 1 aliphatic heterocycles. The summed E-state index contributed by atoms with van der Waals surface area (Å²) in [5.41, 5.74) is 0. The SMILES string of the molecule is CC(ON)C1CCCN1C. The third-order valence-electron chi connectivity index (χ3n) is 2.33. The number of rotatable bonds is 2. The van der Waals surface area contributed by atoms with E-state index in [-0.39, 0.29) is 6.10 Å². The minimum Gasteiger partial charge on any atom is -0.301 e. The van der Waals surface area contributed by atoms with Crippen molar-refractivity contribution in [3.63, 3.8) is 0 Å². The van der Waals surface area contributed by atoms with Crippen molar-refractivity contribution in [2.45, 2.75) is 31.9 Å². The first-order chi connectivity index (χ1) is 4.75. The smallest absolute Gasteiger partial charge is 0.0913 e. The monoisotopic (exact) mass is 144 g/mol. The lowest BCUT2D eigenvalue weighted by Crippen LogP contribution is -2.37. The van der Waals surface area contributed by atoms with Gasteiger partial charge in [-0.15, -0.1) is 0 Å². The molecule has 0 amide bonds. The molecule has 2 atom stereocenters. The van der Waals surface area contributed by atoms with Crippen LogP contribution in [-0.2, 0) is 4.84 Å². The molecule has 0 bridgehead atoms. The van der Waals surface area contributed by atoms with E-state index in [1.807, 2.05) is 6.92 Å². The molecule has 0 aromatic carbocycles. The number of likely N-dealkylation sites (N-methyl/N-ethyl adjacent to an activating group) is 1. The van der Waals surface area contributed by atoms with Gasteiger partial charge in [0.2, 0.25) is 0 Å². The second kappa shape index (κ2) is 3.32. The molecule has 1 aliphatic rings. The van der Waals surface area contributed by atoms with Crippen molar-refractivity contribution in [2.24, 2.45) is 5.90 Å². The highest BCUT2D eigenvalue weighted by Gasteiger charge is 2.26. The molecule has 0 aromatic heterocycles. The highest BCUT2D eigenvalue weighted by atomic mass is 16.6. The lowest BCUT2D eigenvalue weighted by molar-refractivity contribution is 0.0155. The predicted molar refractivity (Wildman–Crippen MR) is 40.4 cm³/mol. The van der Waals surface area contributed by atoms with Gasteiger partial charge in [0.25, 0.3) is 0 Å². The third-order valence-corrected chi connectivity index (χ3v) is 2.33. The molecule has 0 saturated carbocycles. The van der Waals surface area contributed by atoms with Crippen LogP contribution in [0.15, 0.2) is 0 Å². The molecular formula is C7H16N2O. The van der Waals surface area contributed by atoms with Crippen molar-refractivity contribution in [1.82, 2.24) is 4.90 Å². The molecule has 3 nitrogen and oxygen atoms in total. The summed E-state index contributed by atoms with van der Waals surface area (Å²) in [6.45, 7) is 3.20. The number of hydrogen-bond acceptors (Lipinski definition) is 3. The number of likely N-dealkylation sites (tertiary alicyclic amines) is 1. The molecule has 1 saturated heterocycles. The zero-order valence-corrected chi connectivity index (χ0v) is 6.71. The van der Waals surface area contributed by atoms with Crippen LogP contribution in [0.1, 0.15) is 19.8 Å². The van der Waals surface area contributed by atoms with Crippen molar-refractivity contribution in [1.29, 1.82) is 0 Å². The molecule has 3 heteroatoms. The average Bonchev–Trinajstić information content (AvgIpc) is 2.34. The van der Waals surface area contributed by atoms with Gasteiger partial charge in [-0.05, 0) is 33.4 Å². The van der Waals surface area contributed by atoms with Crippen LogP contribution in [0.2, 0.25) is 0 Å². The summed E-state index contributed by atoms with van der Waals surface area (Å²) in [5, 5.41) is 0. The Hall–Kier alpha value is -0.120. The lowest BCUT2D eigenvalue weighted by Gasteiger charge is -2.23. The van der Waals surface area contributed by atoms with Gasteiger partial charge in [0.15, 0.2) is 0 Å². The van der Waals surface area contributed by atoms with E-state index in [1.165, 1.54) is 19.4 Å². The summed E-state index contributed by atoms with van der Waals surface area (Å²) in [6, 6.07) is 0.532. The molecule has 60 valence electrons. The second-order valence-corrected chi connectivity index (χ2v) is 3.03. The van der Waals surface area contributed by atoms with Crippen LogP contribution < -0.4 is 5.90 Å². The van der Waals surface area contributed by atoms with E-state index in [1.54, 1.807) is 0 Å². The molecule has 1 rings (SSSR count). The number of hydrogen-bond donors (Lipinski definition) is 1. The van der Waals surface area contributed by atoms with Crippen molar-refractivity contribution >= 4 is 0 Å². The summed E-state index contributed by atoms with van der Waals surface area (Å²) in [5.74, 6) is 5.09. The molecule has 2 N–H and O–H groups in total. The minimum absolute atomic E-state index is 0.174. The van der Waals surface area contributed by atoms with Crippen molar-refractivity contribution in [3.05, 3.63) is 0 Å². The highest BCUT2D eigenvalue weighted by molar-refractivity contribution is 4.80. The van der Waals surface area contributed by atoms with Crippen molar-refractivity contribution in [2.75, 3.05) is 13.6 Å². The fraction of sp³-hybridized carbons (Fsp3) is 1.00. The Labute approximate surface area is 62.1 Å². The van der Waals surface area contributed by atoms with Crippen LogP contribution in [0.25, 0.3) is 0 Å². The fourth-order valence-corrected chi connectivity index (χ4v) is 1.62. The Morgan fingerprint density at radius 3 is 2.80 bits per heavy atom. The van der Waals surface area contributed by atoms with E-state index < -0.39 is 0 Å². The van der Waals surface area contributed by atoms with Crippen LogP contribution in [0, 0.1) is 0 Å². The largest absolute Gasteiger partial charge is 0.301 e. The quantitative estimate of drug-likeness (QED) is 0.569. The Kier molecular flexibility index (Phi) is 2.65. The first-order valence-corrected chi connectivity index (χ1v) is 3.81. The molecule has 0 radical (unpaired) electrons. The van der Waals surface area contributed by atoms with Crippen LogP contribution >= 0.6 is 0 Å². The molecule has 0 spiro atoms. The molecule has 0 aromatic rings. The van der Waals surface area contributed by atoms with Crippen molar-refractivity contribution < 1.29 is 4.84 Å². The molecule has 2 unspecified atom stereocenters. The highest BCUT2D eigenvalue weighted by Crippen LogP contribution is 2.18. The third kappa shape index (κ3) is 1.48. The van der Waals surface area contributed by atoms with Gasteiger partial charge >= 0.3 is 0 Å². The number of nitrogens with two attached hydrogens (primary N) is 1. The van der Waals surface area contributed by atoms with E-state index >= 15 is 0 Å². The number of nitrogens with zero attached hydrogens (tertiary/aromatic N) is 1. The standard InChI is InChI=1S/C7H16N2O/c1-6(10-8)7-4-3-5-9(7)2/h6-7H,3-5,8H2,1-2H3. The Morgan fingerprint density at radius 1 is 1.70 bits per heavy atom. The minimum atomic E-state index is 0.174. The van der Waals surface area contributed by atoms with E-state index in [9.17, 15) is 0 Å². The normalized spacial score (nSPS) is 30.9. The zero-order valence-electron chi connectivity index (χ0n) is 6.71. The van der Waals surface area contributed by atoms with Gasteiger partial charge in [0, 0.05) is 6.04 Å². The Morgan fingerprint density at radius 2 is 2.40 bits per heavy atom. The van der Waals surface area contributed by atoms with Crippen LogP contribution in [-0.4, -0.2) is 30.6 Å². The molecule has 10 heavy (non-hydrogen) atoms. The Balaban J connectivity index is 2.38.